The molecule has 1 aliphatic rings. The van der Waals surface area contributed by atoms with E-state index in [1.807, 2.05) is 0 Å². The molecule has 0 aromatic heterocycles. The monoisotopic (exact) mass is 361 g/mol. The quantitative estimate of drug-likeness (QED) is 0.821. The van der Waals surface area contributed by atoms with Crippen LogP contribution >= 0.6 is 0 Å². The summed E-state index contributed by atoms with van der Waals surface area (Å²) in [4.78, 5) is 12.4. The molecule has 1 atom stereocenters. The molecule has 4 nitrogen and oxygen atoms in total. The van der Waals surface area contributed by atoms with Crippen LogP contribution in [-0.4, -0.2) is 31.8 Å². The lowest BCUT2D eigenvalue weighted by molar-refractivity contribution is 0.0670. The number of ether oxygens (including phenoxy) is 2. The van der Waals surface area contributed by atoms with Crippen LogP contribution in [0.1, 0.15) is 28.8 Å². The molecule has 3 rings (SSSR count). The van der Waals surface area contributed by atoms with Crippen molar-refractivity contribution in [2.45, 2.75) is 25.4 Å². The molecular formula is C20H21F2NO3. The third kappa shape index (κ3) is 4.58. The van der Waals surface area contributed by atoms with Crippen LogP contribution in [0, 0.1) is 11.6 Å². The van der Waals surface area contributed by atoms with Gasteiger partial charge in [-0.1, -0.05) is 18.2 Å². The van der Waals surface area contributed by atoms with Crippen molar-refractivity contribution in [3.8, 4) is 5.75 Å². The van der Waals surface area contributed by atoms with Gasteiger partial charge in [-0.25, -0.2) is 8.78 Å². The molecule has 2 aromatic rings. The zero-order valence-corrected chi connectivity index (χ0v) is 14.3. The van der Waals surface area contributed by atoms with Gasteiger partial charge >= 0.3 is 0 Å². The van der Waals surface area contributed by atoms with Gasteiger partial charge in [-0.3, -0.25) is 4.79 Å². The van der Waals surface area contributed by atoms with E-state index in [4.69, 9.17) is 9.47 Å². The highest BCUT2D eigenvalue weighted by molar-refractivity contribution is 5.96. The number of carbonyl (C=O) groups excluding carboxylic acids is 1. The van der Waals surface area contributed by atoms with Crippen LogP contribution in [0.3, 0.4) is 0 Å². The van der Waals surface area contributed by atoms with Crippen LogP contribution in [0.15, 0.2) is 42.5 Å². The molecule has 1 saturated heterocycles. The number of amides is 1. The summed E-state index contributed by atoms with van der Waals surface area (Å²) in [6, 6.07) is 10.6. The van der Waals surface area contributed by atoms with E-state index in [9.17, 15) is 13.6 Å². The van der Waals surface area contributed by atoms with Crippen molar-refractivity contribution in [2.24, 2.45) is 0 Å². The average Bonchev–Trinajstić information content (AvgIpc) is 3.16. The van der Waals surface area contributed by atoms with Crippen molar-refractivity contribution in [3.05, 3.63) is 65.2 Å². The number of hydrogen-bond acceptors (Lipinski definition) is 3. The first kappa shape index (κ1) is 18.3. The Kier molecular flexibility index (Phi) is 6.17. The Bertz CT molecular complexity index is 740. The zero-order valence-electron chi connectivity index (χ0n) is 14.3. The molecule has 0 spiro atoms. The van der Waals surface area contributed by atoms with Crippen LogP contribution in [0.4, 0.5) is 8.78 Å². The lowest BCUT2D eigenvalue weighted by atomic mass is 10.1. The number of para-hydroxylation sites is 1. The van der Waals surface area contributed by atoms with E-state index in [0.29, 0.717) is 17.9 Å². The summed E-state index contributed by atoms with van der Waals surface area (Å²) in [6.45, 7) is 1.25. The Morgan fingerprint density at radius 2 is 1.92 bits per heavy atom. The first-order chi connectivity index (χ1) is 12.6. The van der Waals surface area contributed by atoms with Crippen LogP contribution in [0.25, 0.3) is 0 Å². The van der Waals surface area contributed by atoms with Gasteiger partial charge in [0.05, 0.1) is 11.7 Å². The maximum atomic E-state index is 13.6. The molecule has 0 saturated carbocycles. The fourth-order valence-corrected chi connectivity index (χ4v) is 2.91. The van der Waals surface area contributed by atoms with E-state index in [0.717, 1.165) is 19.4 Å². The smallest absolute Gasteiger partial charge is 0.255 e. The summed E-state index contributed by atoms with van der Waals surface area (Å²) in [5.41, 5.74) is 0.357. The molecule has 2 aromatic carbocycles. The van der Waals surface area contributed by atoms with Crippen molar-refractivity contribution >= 4 is 5.91 Å². The SMILES string of the molecule is O=C(NCCc1c(F)cccc1F)c1ccccc1OCC1CCCO1. The van der Waals surface area contributed by atoms with Gasteiger partial charge in [-0.2, -0.15) is 0 Å². The highest BCUT2D eigenvalue weighted by atomic mass is 19.1. The van der Waals surface area contributed by atoms with Gasteiger partial charge in [-0.15, -0.1) is 0 Å². The second-order valence-corrected chi connectivity index (χ2v) is 6.15. The summed E-state index contributed by atoms with van der Waals surface area (Å²) < 4.78 is 38.5. The lowest BCUT2D eigenvalue weighted by Gasteiger charge is -2.14. The Morgan fingerprint density at radius 1 is 1.15 bits per heavy atom. The van der Waals surface area contributed by atoms with Gasteiger partial charge in [-0.05, 0) is 43.5 Å². The van der Waals surface area contributed by atoms with Gasteiger partial charge < -0.3 is 14.8 Å². The Balaban J connectivity index is 1.57. The second-order valence-electron chi connectivity index (χ2n) is 6.15. The van der Waals surface area contributed by atoms with Gasteiger partial charge in [0.1, 0.15) is 24.0 Å². The molecule has 1 amide bonds. The molecule has 1 heterocycles. The Labute approximate surface area is 151 Å². The molecule has 0 bridgehead atoms. The number of hydrogen-bond donors (Lipinski definition) is 1. The molecule has 0 aliphatic carbocycles. The largest absolute Gasteiger partial charge is 0.490 e. The fourth-order valence-electron chi connectivity index (χ4n) is 2.91. The molecule has 6 heteroatoms. The summed E-state index contributed by atoms with van der Waals surface area (Å²) in [6.07, 6.45) is 2.09. The molecule has 0 radical (unpaired) electrons. The third-order valence-corrected chi connectivity index (χ3v) is 4.30. The van der Waals surface area contributed by atoms with Crippen LogP contribution in [0.2, 0.25) is 0 Å². The summed E-state index contributed by atoms with van der Waals surface area (Å²) >= 11 is 0. The Hall–Kier alpha value is -2.47. The normalized spacial score (nSPS) is 16.5. The highest BCUT2D eigenvalue weighted by Gasteiger charge is 2.18. The number of benzene rings is 2. The zero-order chi connectivity index (χ0) is 18.4. The first-order valence-electron chi connectivity index (χ1n) is 8.69. The number of halogens is 2. The van der Waals surface area contributed by atoms with Gasteiger partial charge in [0.25, 0.3) is 5.91 Å². The minimum Gasteiger partial charge on any atom is -0.490 e. The number of rotatable bonds is 7. The summed E-state index contributed by atoms with van der Waals surface area (Å²) in [5.74, 6) is -1.10. The number of carbonyl (C=O) groups is 1. The van der Waals surface area contributed by atoms with Crippen molar-refractivity contribution in [2.75, 3.05) is 19.8 Å². The number of nitrogens with one attached hydrogen (secondary N) is 1. The minimum atomic E-state index is -0.612. The van der Waals surface area contributed by atoms with Crippen molar-refractivity contribution in [1.82, 2.24) is 5.32 Å². The predicted molar refractivity (Wildman–Crippen MR) is 93.3 cm³/mol. The summed E-state index contributed by atoms with van der Waals surface area (Å²) in [5, 5.41) is 2.69. The van der Waals surface area contributed by atoms with Crippen LogP contribution < -0.4 is 10.1 Å². The van der Waals surface area contributed by atoms with Gasteiger partial charge in [0.15, 0.2) is 0 Å². The first-order valence-corrected chi connectivity index (χ1v) is 8.69. The van der Waals surface area contributed by atoms with E-state index in [1.165, 1.54) is 18.2 Å². The lowest BCUT2D eigenvalue weighted by Crippen LogP contribution is -2.27. The minimum absolute atomic E-state index is 0.0317. The maximum Gasteiger partial charge on any atom is 0.255 e. The second kappa shape index (κ2) is 8.76. The van der Waals surface area contributed by atoms with Crippen LogP contribution in [0.5, 0.6) is 5.75 Å². The van der Waals surface area contributed by atoms with Crippen LogP contribution in [-0.2, 0) is 11.2 Å². The molecule has 1 N–H and O–H groups in total. The van der Waals surface area contributed by atoms with Crippen molar-refractivity contribution < 1.29 is 23.0 Å². The van der Waals surface area contributed by atoms with E-state index in [-0.39, 0.29) is 30.5 Å². The van der Waals surface area contributed by atoms with E-state index >= 15 is 0 Å². The molecular weight excluding hydrogens is 340 g/mol. The molecule has 1 fully saturated rings. The average molecular weight is 361 g/mol. The standard InChI is InChI=1S/C20H21F2NO3/c21-17-7-3-8-18(22)15(17)10-11-23-20(24)16-6-1-2-9-19(16)26-13-14-5-4-12-25-14/h1-3,6-9,14H,4-5,10-13H2,(H,23,24). The predicted octanol–water partition coefficient (Wildman–Crippen LogP) is 3.50. The molecule has 26 heavy (non-hydrogen) atoms. The summed E-state index contributed by atoms with van der Waals surface area (Å²) in [7, 11) is 0. The molecule has 138 valence electrons. The topological polar surface area (TPSA) is 47.6 Å². The fraction of sp³-hybridized carbons (Fsp3) is 0.350. The van der Waals surface area contributed by atoms with Gasteiger partial charge in [0, 0.05) is 18.7 Å². The van der Waals surface area contributed by atoms with E-state index in [1.54, 1.807) is 24.3 Å². The maximum absolute atomic E-state index is 13.6. The molecule has 1 unspecified atom stereocenters. The van der Waals surface area contributed by atoms with E-state index in [2.05, 4.69) is 5.32 Å². The highest BCUT2D eigenvalue weighted by Crippen LogP contribution is 2.20. The Morgan fingerprint density at radius 3 is 2.65 bits per heavy atom. The van der Waals surface area contributed by atoms with Crippen molar-refractivity contribution in [1.29, 1.82) is 0 Å². The van der Waals surface area contributed by atoms with Gasteiger partial charge in [0.2, 0.25) is 0 Å². The third-order valence-electron chi connectivity index (χ3n) is 4.30. The van der Waals surface area contributed by atoms with E-state index < -0.39 is 11.6 Å². The molecule has 1 aliphatic heterocycles. The van der Waals surface area contributed by atoms with Crippen molar-refractivity contribution in [3.63, 3.8) is 0 Å².